The smallest absolute Gasteiger partial charge is 0.0954 e. The zero-order chi connectivity index (χ0) is 13.8. The van der Waals surface area contributed by atoms with Crippen molar-refractivity contribution in [2.45, 2.75) is 39.8 Å². The molecule has 2 unspecified atom stereocenters. The van der Waals surface area contributed by atoms with E-state index >= 15 is 0 Å². The van der Waals surface area contributed by atoms with Gasteiger partial charge in [-0.25, -0.2) is 4.98 Å². The van der Waals surface area contributed by atoms with Crippen LogP contribution in [-0.4, -0.2) is 16.1 Å². The molecule has 102 valence electrons. The highest BCUT2D eigenvalue weighted by atomic mass is 15.1. The van der Waals surface area contributed by atoms with Crippen LogP contribution in [0.5, 0.6) is 0 Å². The van der Waals surface area contributed by atoms with Crippen molar-refractivity contribution in [2.24, 2.45) is 0 Å². The van der Waals surface area contributed by atoms with Gasteiger partial charge in [0.05, 0.1) is 24.1 Å². The van der Waals surface area contributed by atoms with Gasteiger partial charge in [0, 0.05) is 5.69 Å². The lowest BCUT2D eigenvalue weighted by atomic mass is 10.00. The van der Waals surface area contributed by atoms with Gasteiger partial charge in [-0.15, -0.1) is 0 Å². The molecule has 0 aliphatic rings. The van der Waals surface area contributed by atoms with E-state index in [4.69, 9.17) is 0 Å². The highest BCUT2D eigenvalue weighted by Crippen LogP contribution is 2.27. The number of likely N-dealkylation sites (N-methyl/N-ethyl adjacent to an activating group) is 1. The van der Waals surface area contributed by atoms with E-state index in [1.165, 1.54) is 11.3 Å². The number of aromatic nitrogens is 2. The molecule has 0 amide bonds. The minimum atomic E-state index is 0.304. The van der Waals surface area contributed by atoms with Gasteiger partial charge in [-0.2, -0.15) is 0 Å². The van der Waals surface area contributed by atoms with Crippen LogP contribution in [0.25, 0.3) is 0 Å². The Morgan fingerprint density at radius 2 is 1.89 bits per heavy atom. The monoisotopic (exact) mass is 257 g/mol. The van der Waals surface area contributed by atoms with Gasteiger partial charge in [0.2, 0.25) is 0 Å². The SMILES string of the molecule is CCNC(c1ccccc1)C(C)n1cnc(C)c1C. The van der Waals surface area contributed by atoms with Gasteiger partial charge in [-0.05, 0) is 32.9 Å². The number of aryl methyl sites for hydroxylation is 1. The van der Waals surface area contributed by atoms with Gasteiger partial charge in [-0.1, -0.05) is 37.3 Å². The first-order chi connectivity index (χ1) is 9.15. The van der Waals surface area contributed by atoms with Crippen LogP contribution >= 0.6 is 0 Å². The van der Waals surface area contributed by atoms with Crippen LogP contribution in [-0.2, 0) is 0 Å². The van der Waals surface area contributed by atoms with E-state index < -0.39 is 0 Å². The molecule has 0 aliphatic heterocycles. The Bertz CT molecular complexity index is 516. The molecular formula is C16H23N3. The molecule has 0 spiro atoms. The van der Waals surface area contributed by atoms with Crippen LogP contribution in [0.15, 0.2) is 36.7 Å². The minimum Gasteiger partial charge on any atom is -0.330 e. The highest BCUT2D eigenvalue weighted by molar-refractivity contribution is 5.21. The fourth-order valence-corrected chi connectivity index (χ4v) is 2.53. The van der Waals surface area contributed by atoms with Crippen LogP contribution in [0, 0.1) is 13.8 Å². The topological polar surface area (TPSA) is 29.9 Å². The molecule has 0 radical (unpaired) electrons. The van der Waals surface area contributed by atoms with Crippen LogP contribution in [0.1, 0.15) is 42.9 Å². The molecule has 2 aromatic rings. The lowest BCUT2D eigenvalue weighted by Crippen LogP contribution is -2.29. The van der Waals surface area contributed by atoms with Crippen molar-refractivity contribution >= 4 is 0 Å². The average molecular weight is 257 g/mol. The molecule has 3 heteroatoms. The summed E-state index contributed by atoms with van der Waals surface area (Å²) in [5.74, 6) is 0. The van der Waals surface area contributed by atoms with Gasteiger partial charge < -0.3 is 9.88 Å². The third-order valence-electron chi connectivity index (χ3n) is 3.79. The van der Waals surface area contributed by atoms with Crippen molar-refractivity contribution in [3.8, 4) is 0 Å². The average Bonchev–Trinajstić information content (AvgIpc) is 2.77. The van der Waals surface area contributed by atoms with Crippen molar-refractivity contribution in [1.29, 1.82) is 0 Å². The number of hydrogen-bond donors (Lipinski definition) is 1. The van der Waals surface area contributed by atoms with Gasteiger partial charge >= 0.3 is 0 Å². The van der Waals surface area contributed by atoms with Crippen molar-refractivity contribution in [1.82, 2.24) is 14.9 Å². The number of imidazole rings is 1. The van der Waals surface area contributed by atoms with Crippen LogP contribution in [0.2, 0.25) is 0 Å². The first-order valence-corrected chi connectivity index (χ1v) is 6.93. The molecule has 0 fully saturated rings. The Hall–Kier alpha value is -1.61. The molecule has 1 heterocycles. The summed E-state index contributed by atoms with van der Waals surface area (Å²) in [5.41, 5.74) is 3.67. The maximum absolute atomic E-state index is 4.41. The lowest BCUT2D eigenvalue weighted by Gasteiger charge is -2.27. The fourth-order valence-electron chi connectivity index (χ4n) is 2.53. The molecule has 3 nitrogen and oxygen atoms in total. The van der Waals surface area contributed by atoms with E-state index in [1.807, 2.05) is 6.33 Å². The molecule has 0 saturated heterocycles. The molecule has 1 aromatic carbocycles. The molecule has 0 aliphatic carbocycles. The Labute approximate surface area is 115 Å². The Kier molecular flexibility index (Phi) is 4.38. The first kappa shape index (κ1) is 13.8. The van der Waals surface area contributed by atoms with Crippen molar-refractivity contribution in [3.63, 3.8) is 0 Å². The quantitative estimate of drug-likeness (QED) is 0.889. The maximum Gasteiger partial charge on any atom is 0.0954 e. The second-order valence-electron chi connectivity index (χ2n) is 5.01. The third kappa shape index (κ3) is 2.87. The van der Waals surface area contributed by atoms with E-state index in [2.05, 4.69) is 72.9 Å². The molecule has 19 heavy (non-hydrogen) atoms. The Balaban J connectivity index is 2.32. The maximum atomic E-state index is 4.41. The van der Waals surface area contributed by atoms with E-state index in [0.29, 0.717) is 12.1 Å². The van der Waals surface area contributed by atoms with Crippen LogP contribution in [0.3, 0.4) is 0 Å². The predicted molar refractivity (Wildman–Crippen MR) is 79.3 cm³/mol. The Morgan fingerprint density at radius 3 is 2.42 bits per heavy atom. The van der Waals surface area contributed by atoms with Crippen LogP contribution in [0.4, 0.5) is 0 Å². The first-order valence-electron chi connectivity index (χ1n) is 6.93. The summed E-state index contributed by atoms with van der Waals surface area (Å²) in [6, 6.07) is 11.3. The molecule has 1 aromatic heterocycles. The Morgan fingerprint density at radius 1 is 1.21 bits per heavy atom. The predicted octanol–water partition coefficient (Wildman–Crippen LogP) is 3.41. The second kappa shape index (κ2) is 6.02. The molecular weight excluding hydrogens is 234 g/mol. The highest BCUT2D eigenvalue weighted by Gasteiger charge is 2.21. The van der Waals surface area contributed by atoms with Gasteiger partial charge in [0.15, 0.2) is 0 Å². The zero-order valence-electron chi connectivity index (χ0n) is 12.2. The van der Waals surface area contributed by atoms with E-state index in [-0.39, 0.29) is 0 Å². The number of benzene rings is 1. The molecule has 1 N–H and O–H groups in total. The summed E-state index contributed by atoms with van der Waals surface area (Å²) in [5, 5.41) is 3.59. The third-order valence-corrected chi connectivity index (χ3v) is 3.79. The number of nitrogens with one attached hydrogen (secondary N) is 1. The lowest BCUT2D eigenvalue weighted by molar-refractivity contribution is 0.380. The summed E-state index contributed by atoms with van der Waals surface area (Å²) in [6.45, 7) is 9.54. The van der Waals surface area contributed by atoms with E-state index in [0.717, 1.165) is 12.2 Å². The second-order valence-corrected chi connectivity index (χ2v) is 5.01. The van der Waals surface area contributed by atoms with Crippen molar-refractivity contribution in [3.05, 3.63) is 53.6 Å². The van der Waals surface area contributed by atoms with E-state index in [9.17, 15) is 0 Å². The number of nitrogens with zero attached hydrogens (tertiary/aromatic N) is 2. The van der Waals surface area contributed by atoms with E-state index in [1.54, 1.807) is 0 Å². The largest absolute Gasteiger partial charge is 0.330 e. The molecule has 2 atom stereocenters. The summed E-state index contributed by atoms with van der Waals surface area (Å²) >= 11 is 0. The summed E-state index contributed by atoms with van der Waals surface area (Å²) < 4.78 is 2.26. The number of hydrogen-bond acceptors (Lipinski definition) is 2. The normalized spacial score (nSPS) is 14.3. The van der Waals surface area contributed by atoms with Crippen molar-refractivity contribution < 1.29 is 0 Å². The van der Waals surface area contributed by atoms with Gasteiger partial charge in [-0.3, -0.25) is 0 Å². The van der Waals surface area contributed by atoms with Crippen LogP contribution < -0.4 is 5.32 Å². The molecule has 0 saturated carbocycles. The summed E-state index contributed by atoms with van der Waals surface area (Å²) in [6.07, 6.45) is 1.95. The van der Waals surface area contributed by atoms with Crippen molar-refractivity contribution in [2.75, 3.05) is 6.54 Å². The molecule has 0 bridgehead atoms. The molecule has 2 rings (SSSR count). The van der Waals surface area contributed by atoms with Gasteiger partial charge in [0.25, 0.3) is 0 Å². The zero-order valence-corrected chi connectivity index (χ0v) is 12.2. The summed E-state index contributed by atoms with van der Waals surface area (Å²) in [7, 11) is 0. The standard InChI is InChI=1S/C16H23N3/c1-5-17-16(15-9-7-6-8-10-15)14(4)19-11-18-12(2)13(19)3/h6-11,14,16-17H,5H2,1-4H3. The fraction of sp³-hybridized carbons (Fsp3) is 0.438. The summed E-state index contributed by atoms with van der Waals surface area (Å²) in [4.78, 5) is 4.41. The number of rotatable bonds is 5. The minimum absolute atomic E-state index is 0.304. The van der Waals surface area contributed by atoms with Gasteiger partial charge in [0.1, 0.15) is 0 Å².